The van der Waals surface area contributed by atoms with Gasteiger partial charge in [-0.25, -0.2) is 10.8 Å². The molecule has 0 aromatic carbocycles. The number of carbonyl (C=O) groups is 1. The maximum absolute atomic E-state index is 12.2. The van der Waals surface area contributed by atoms with Crippen LogP contribution in [0, 0.1) is 5.92 Å². The second kappa shape index (κ2) is 5.82. The van der Waals surface area contributed by atoms with Crippen LogP contribution >= 0.6 is 0 Å². The van der Waals surface area contributed by atoms with Gasteiger partial charge in [0.25, 0.3) is 5.91 Å². The average molecular weight is 248 g/mol. The van der Waals surface area contributed by atoms with Gasteiger partial charge in [0.2, 0.25) is 0 Å². The fourth-order valence-corrected chi connectivity index (χ4v) is 2.49. The monoisotopic (exact) mass is 248 g/mol. The SMILES string of the molecule is CN(CC1CCCC1)C(=O)c1cccc(NN)n1. The van der Waals surface area contributed by atoms with E-state index in [1.807, 2.05) is 7.05 Å². The second-order valence-corrected chi connectivity index (χ2v) is 4.89. The summed E-state index contributed by atoms with van der Waals surface area (Å²) < 4.78 is 0. The van der Waals surface area contributed by atoms with Crippen LogP contribution in [0.3, 0.4) is 0 Å². The fourth-order valence-electron chi connectivity index (χ4n) is 2.49. The van der Waals surface area contributed by atoms with Crippen LogP contribution in [0.5, 0.6) is 0 Å². The Bertz CT molecular complexity index is 415. The first kappa shape index (κ1) is 12.8. The summed E-state index contributed by atoms with van der Waals surface area (Å²) in [5.41, 5.74) is 2.89. The highest BCUT2D eigenvalue weighted by molar-refractivity contribution is 5.92. The summed E-state index contributed by atoms with van der Waals surface area (Å²) in [5.74, 6) is 6.40. The summed E-state index contributed by atoms with van der Waals surface area (Å²) in [7, 11) is 1.84. The highest BCUT2D eigenvalue weighted by atomic mass is 16.2. The molecule has 1 aliphatic carbocycles. The lowest BCUT2D eigenvalue weighted by Gasteiger charge is -2.20. The van der Waals surface area contributed by atoms with Gasteiger partial charge < -0.3 is 10.3 Å². The van der Waals surface area contributed by atoms with Crippen LogP contribution < -0.4 is 11.3 Å². The molecule has 0 atom stereocenters. The Morgan fingerprint density at radius 2 is 2.22 bits per heavy atom. The van der Waals surface area contributed by atoms with Crippen LogP contribution in [0.25, 0.3) is 0 Å². The van der Waals surface area contributed by atoms with Crippen LogP contribution in [0.2, 0.25) is 0 Å². The molecule has 1 fully saturated rings. The molecule has 0 bridgehead atoms. The molecule has 1 saturated carbocycles. The van der Waals surface area contributed by atoms with Crippen molar-refractivity contribution in [1.29, 1.82) is 0 Å². The summed E-state index contributed by atoms with van der Waals surface area (Å²) in [6.07, 6.45) is 5.04. The Kier molecular flexibility index (Phi) is 4.15. The highest BCUT2D eigenvalue weighted by Crippen LogP contribution is 2.25. The van der Waals surface area contributed by atoms with Crippen LogP contribution in [0.4, 0.5) is 5.82 Å². The van der Waals surface area contributed by atoms with E-state index in [0.29, 0.717) is 17.4 Å². The standard InChI is InChI=1S/C13H20N4O/c1-17(9-10-5-2-3-6-10)13(18)11-7-4-8-12(15-11)16-14/h4,7-8,10H,2-3,5-6,9,14H2,1H3,(H,15,16). The van der Waals surface area contributed by atoms with Crippen molar-refractivity contribution in [1.82, 2.24) is 9.88 Å². The van der Waals surface area contributed by atoms with Gasteiger partial charge in [-0.3, -0.25) is 4.79 Å². The van der Waals surface area contributed by atoms with E-state index >= 15 is 0 Å². The Morgan fingerprint density at radius 1 is 1.50 bits per heavy atom. The number of nitrogen functional groups attached to an aromatic ring is 1. The predicted molar refractivity (Wildman–Crippen MR) is 71.0 cm³/mol. The minimum Gasteiger partial charge on any atom is -0.340 e. The predicted octanol–water partition coefficient (Wildman–Crippen LogP) is 1.63. The van der Waals surface area contributed by atoms with Crippen molar-refractivity contribution in [3.63, 3.8) is 0 Å². The zero-order valence-corrected chi connectivity index (χ0v) is 10.7. The molecule has 1 heterocycles. The molecule has 5 heteroatoms. The normalized spacial score (nSPS) is 15.7. The van der Waals surface area contributed by atoms with E-state index in [9.17, 15) is 4.79 Å². The van der Waals surface area contributed by atoms with Crippen molar-refractivity contribution in [3.05, 3.63) is 23.9 Å². The number of nitrogens with zero attached hydrogens (tertiary/aromatic N) is 2. The zero-order chi connectivity index (χ0) is 13.0. The van der Waals surface area contributed by atoms with Crippen LogP contribution in [-0.2, 0) is 0 Å². The molecular weight excluding hydrogens is 228 g/mol. The number of nitrogens with two attached hydrogens (primary N) is 1. The lowest BCUT2D eigenvalue weighted by atomic mass is 10.1. The first-order valence-corrected chi connectivity index (χ1v) is 6.40. The number of hydrazine groups is 1. The van der Waals surface area contributed by atoms with Crippen LogP contribution in [0.1, 0.15) is 36.2 Å². The Balaban J connectivity index is 2.00. The van der Waals surface area contributed by atoms with Gasteiger partial charge in [-0.05, 0) is 30.9 Å². The third-order valence-electron chi connectivity index (χ3n) is 3.47. The molecule has 1 aliphatic rings. The van der Waals surface area contributed by atoms with Gasteiger partial charge in [0, 0.05) is 13.6 Å². The molecule has 2 rings (SSSR count). The quantitative estimate of drug-likeness (QED) is 0.627. The van der Waals surface area contributed by atoms with Crippen LogP contribution in [0.15, 0.2) is 18.2 Å². The van der Waals surface area contributed by atoms with E-state index in [2.05, 4.69) is 10.4 Å². The van der Waals surface area contributed by atoms with Gasteiger partial charge in [-0.1, -0.05) is 18.9 Å². The number of carbonyl (C=O) groups excluding carboxylic acids is 1. The zero-order valence-electron chi connectivity index (χ0n) is 10.7. The largest absolute Gasteiger partial charge is 0.340 e. The van der Waals surface area contributed by atoms with Crippen molar-refractivity contribution in [2.24, 2.45) is 11.8 Å². The molecule has 0 saturated heterocycles. The molecule has 18 heavy (non-hydrogen) atoms. The number of nitrogens with one attached hydrogen (secondary N) is 1. The van der Waals surface area contributed by atoms with E-state index in [1.54, 1.807) is 23.1 Å². The van der Waals surface area contributed by atoms with Gasteiger partial charge in [-0.15, -0.1) is 0 Å². The number of hydrogen-bond donors (Lipinski definition) is 2. The molecule has 1 amide bonds. The lowest BCUT2D eigenvalue weighted by molar-refractivity contribution is 0.0767. The summed E-state index contributed by atoms with van der Waals surface area (Å²) in [4.78, 5) is 18.1. The minimum absolute atomic E-state index is 0.0426. The number of hydrogen-bond acceptors (Lipinski definition) is 4. The molecule has 0 aliphatic heterocycles. The summed E-state index contributed by atoms with van der Waals surface area (Å²) in [6.45, 7) is 0.820. The number of amides is 1. The van der Waals surface area contributed by atoms with Crippen molar-refractivity contribution in [2.45, 2.75) is 25.7 Å². The molecule has 1 aromatic rings. The van der Waals surface area contributed by atoms with E-state index in [1.165, 1.54) is 25.7 Å². The minimum atomic E-state index is -0.0426. The molecule has 5 nitrogen and oxygen atoms in total. The van der Waals surface area contributed by atoms with Gasteiger partial charge in [0.1, 0.15) is 11.5 Å². The summed E-state index contributed by atoms with van der Waals surface area (Å²) >= 11 is 0. The van der Waals surface area contributed by atoms with Gasteiger partial charge in [0.05, 0.1) is 0 Å². The first-order chi connectivity index (χ1) is 8.70. The van der Waals surface area contributed by atoms with E-state index < -0.39 is 0 Å². The Hall–Kier alpha value is -1.62. The van der Waals surface area contributed by atoms with Gasteiger partial charge in [0.15, 0.2) is 0 Å². The third kappa shape index (κ3) is 2.98. The van der Waals surface area contributed by atoms with Crippen LogP contribution in [-0.4, -0.2) is 29.4 Å². The fraction of sp³-hybridized carbons (Fsp3) is 0.538. The number of rotatable bonds is 4. The van der Waals surface area contributed by atoms with Crippen molar-refractivity contribution >= 4 is 11.7 Å². The molecule has 98 valence electrons. The summed E-state index contributed by atoms with van der Waals surface area (Å²) in [6, 6.07) is 5.22. The molecule has 0 radical (unpaired) electrons. The maximum Gasteiger partial charge on any atom is 0.272 e. The van der Waals surface area contributed by atoms with Crippen molar-refractivity contribution < 1.29 is 4.79 Å². The topological polar surface area (TPSA) is 71.2 Å². The van der Waals surface area contributed by atoms with Gasteiger partial charge >= 0.3 is 0 Å². The van der Waals surface area contributed by atoms with Crippen molar-refractivity contribution in [2.75, 3.05) is 19.0 Å². The lowest BCUT2D eigenvalue weighted by Crippen LogP contribution is -2.31. The average Bonchev–Trinajstić information content (AvgIpc) is 2.90. The van der Waals surface area contributed by atoms with Gasteiger partial charge in [-0.2, -0.15) is 0 Å². The molecular formula is C13H20N4O. The highest BCUT2D eigenvalue weighted by Gasteiger charge is 2.20. The molecule has 3 N–H and O–H groups in total. The molecule has 0 unspecified atom stereocenters. The molecule has 0 spiro atoms. The maximum atomic E-state index is 12.2. The number of anilines is 1. The smallest absolute Gasteiger partial charge is 0.272 e. The summed E-state index contributed by atoms with van der Waals surface area (Å²) in [5, 5.41) is 0. The molecule has 1 aromatic heterocycles. The number of aromatic nitrogens is 1. The van der Waals surface area contributed by atoms with E-state index in [0.717, 1.165) is 6.54 Å². The third-order valence-corrected chi connectivity index (χ3v) is 3.47. The van der Waals surface area contributed by atoms with E-state index in [4.69, 9.17) is 5.84 Å². The second-order valence-electron chi connectivity index (χ2n) is 4.89. The van der Waals surface area contributed by atoms with E-state index in [-0.39, 0.29) is 5.91 Å². The first-order valence-electron chi connectivity index (χ1n) is 6.40. The number of pyridine rings is 1. The Morgan fingerprint density at radius 3 is 2.89 bits per heavy atom. The Labute approximate surface area is 107 Å². The van der Waals surface area contributed by atoms with Crippen molar-refractivity contribution in [3.8, 4) is 0 Å².